The lowest BCUT2D eigenvalue weighted by atomic mass is 10.1. The Morgan fingerprint density at radius 2 is 2.36 bits per heavy atom. The molecular weight excluding hydrogens is 196 g/mol. The van der Waals surface area contributed by atoms with E-state index in [2.05, 4.69) is 12.1 Å². The molecule has 1 aromatic carbocycles. The minimum atomic E-state index is -0.0892. The Hall–Kier alpha value is -0.960. The van der Waals surface area contributed by atoms with Gasteiger partial charge in [-0.15, -0.1) is 11.8 Å². The van der Waals surface area contributed by atoms with Gasteiger partial charge in [0.25, 0.3) is 0 Å². The lowest BCUT2D eigenvalue weighted by Crippen LogP contribution is -2.19. The van der Waals surface area contributed by atoms with Crippen LogP contribution < -0.4 is 0 Å². The van der Waals surface area contributed by atoms with E-state index in [1.54, 1.807) is 11.8 Å². The van der Waals surface area contributed by atoms with Crippen molar-refractivity contribution in [1.82, 2.24) is 0 Å². The fourth-order valence-electron chi connectivity index (χ4n) is 1.55. The number of esters is 1. The highest BCUT2D eigenvalue weighted by Crippen LogP contribution is 2.37. The van der Waals surface area contributed by atoms with E-state index in [-0.39, 0.29) is 11.2 Å². The van der Waals surface area contributed by atoms with Gasteiger partial charge in [0.15, 0.2) is 0 Å². The summed E-state index contributed by atoms with van der Waals surface area (Å²) in [5.74, 6) is -0.0892. The van der Waals surface area contributed by atoms with Gasteiger partial charge in [0.1, 0.15) is 5.25 Å². The summed E-state index contributed by atoms with van der Waals surface area (Å²) in [6.07, 6.45) is 0.805. The molecule has 0 bridgehead atoms. The van der Waals surface area contributed by atoms with Gasteiger partial charge in [0, 0.05) is 4.90 Å². The van der Waals surface area contributed by atoms with Gasteiger partial charge in [-0.1, -0.05) is 18.2 Å². The summed E-state index contributed by atoms with van der Waals surface area (Å²) in [6, 6.07) is 8.13. The highest BCUT2D eigenvalue weighted by atomic mass is 32.2. The molecule has 1 aromatic rings. The minimum absolute atomic E-state index is 0.0349. The number of carbonyl (C=O) groups excluding carboxylic acids is 1. The molecule has 1 unspecified atom stereocenters. The van der Waals surface area contributed by atoms with E-state index < -0.39 is 0 Å². The van der Waals surface area contributed by atoms with E-state index in [4.69, 9.17) is 4.74 Å². The average molecular weight is 208 g/mol. The number of benzene rings is 1. The van der Waals surface area contributed by atoms with Crippen LogP contribution in [0.2, 0.25) is 0 Å². The van der Waals surface area contributed by atoms with Gasteiger partial charge in [-0.05, 0) is 25.0 Å². The number of hydrogen-bond acceptors (Lipinski definition) is 3. The van der Waals surface area contributed by atoms with Crippen LogP contribution >= 0.6 is 11.8 Å². The Kier molecular flexibility index (Phi) is 2.77. The molecule has 14 heavy (non-hydrogen) atoms. The molecule has 2 nitrogen and oxygen atoms in total. The molecular formula is C11H12O2S. The maximum absolute atomic E-state index is 11.5. The Bertz CT molecular complexity index is 324. The van der Waals surface area contributed by atoms with Gasteiger partial charge < -0.3 is 4.74 Å². The maximum atomic E-state index is 11.5. The molecule has 3 heteroatoms. The SMILES string of the molecule is CCOC(=O)C1Cc2ccccc2S1. The van der Waals surface area contributed by atoms with Crippen molar-refractivity contribution in [1.29, 1.82) is 0 Å². The Morgan fingerprint density at radius 3 is 3.07 bits per heavy atom. The zero-order valence-electron chi connectivity index (χ0n) is 8.03. The first-order valence-corrected chi connectivity index (χ1v) is 5.60. The second kappa shape index (κ2) is 4.05. The lowest BCUT2D eigenvalue weighted by Gasteiger charge is -2.06. The third-order valence-electron chi connectivity index (χ3n) is 2.20. The van der Waals surface area contributed by atoms with Crippen molar-refractivity contribution in [3.05, 3.63) is 29.8 Å². The van der Waals surface area contributed by atoms with Crippen LogP contribution in [-0.4, -0.2) is 17.8 Å². The van der Waals surface area contributed by atoms with Crippen molar-refractivity contribution in [2.45, 2.75) is 23.5 Å². The Morgan fingerprint density at radius 1 is 1.57 bits per heavy atom. The van der Waals surface area contributed by atoms with Crippen LogP contribution in [0.25, 0.3) is 0 Å². The molecule has 2 rings (SSSR count). The summed E-state index contributed by atoms with van der Waals surface area (Å²) >= 11 is 1.61. The summed E-state index contributed by atoms with van der Waals surface area (Å²) in [5, 5.41) is -0.0349. The largest absolute Gasteiger partial charge is 0.465 e. The van der Waals surface area contributed by atoms with Gasteiger partial charge in [-0.2, -0.15) is 0 Å². The second-order valence-corrected chi connectivity index (χ2v) is 4.41. The van der Waals surface area contributed by atoms with E-state index in [9.17, 15) is 4.79 Å². The van der Waals surface area contributed by atoms with Crippen molar-refractivity contribution in [3.8, 4) is 0 Å². The van der Waals surface area contributed by atoms with Crippen LogP contribution in [0.4, 0.5) is 0 Å². The van der Waals surface area contributed by atoms with E-state index >= 15 is 0 Å². The fourth-order valence-corrected chi connectivity index (χ4v) is 2.74. The van der Waals surface area contributed by atoms with Crippen molar-refractivity contribution in [3.63, 3.8) is 0 Å². The zero-order valence-corrected chi connectivity index (χ0v) is 8.84. The number of hydrogen-bond donors (Lipinski definition) is 0. The Labute approximate surface area is 87.6 Å². The van der Waals surface area contributed by atoms with Crippen LogP contribution in [0.5, 0.6) is 0 Å². The quantitative estimate of drug-likeness (QED) is 0.697. The van der Waals surface area contributed by atoms with Gasteiger partial charge in [-0.25, -0.2) is 0 Å². The van der Waals surface area contributed by atoms with Crippen LogP contribution in [-0.2, 0) is 16.0 Å². The predicted molar refractivity (Wildman–Crippen MR) is 56.4 cm³/mol. The molecule has 0 aliphatic carbocycles. The van der Waals surface area contributed by atoms with Crippen LogP contribution in [0.1, 0.15) is 12.5 Å². The number of rotatable bonds is 2. The normalized spacial score (nSPS) is 19.1. The van der Waals surface area contributed by atoms with Crippen LogP contribution in [0.15, 0.2) is 29.2 Å². The summed E-state index contributed by atoms with van der Waals surface area (Å²) in [4.78, 5) is 12.7. The summed E-state index contributed by atoms with van der Waals surface area (Å²) in [7, 11) is 0. The Balaban J connectivity index is 2.08. The van der Waals surface area contributed by atoms with E-state index in [1.165, 1.54) is 10.5 Å². The van der Waals surface area contributed by atoms with Crippen molar-refractivity contribution >= 4 is 17.7 Å². The smallest absolute Gasteiger partial charge is 0.319 e. The fraction of sp³-hybridized carbons (Fsp3) is 0.364. The number of fused-ring (bicyclic) bond motifs is 1. The van der Waals surface area contributed by atoms with Crippen LogP contribution in [0, 0.1) is 0 Å². The number of carbonyl (C=O) groups is 1. The second-order valence-electron chi connectivity index (χ2n) is 3.17. The molecule has 1 aliphatic heterocycles. The maximum Gasteiger partial charge on any atom is 0.319 e. The van der Waals surface area contributed by atoms with Crippen molar-refractivity contribution in [2.24, 2.45) is 0 Å². The first-order valence-electron chi connectivity index (χ1n) is 4.72. The molecule has 1 atom stereocenters. The van der Waals surface area contributed by atoms with Crippen molar-refractivity contribution in [2.75, 3.05) is 6.61 Å². The van der Waals surface area contributed by atoms with E-state index in [0.29, 0.717) is 6.61 Å². The lowest BCUT2D eigenvalue weighted by molar-refractivity contribution is -0.142. The van der Waals surface area contributed by atoms with Crippen LogP contribution in [0.3, 0.4) is 0 Å². The average Bonchev–Trinajstić information content (AvgIpc) is 2.61. The molecule has 0 radical (unpaired) electrons. The molecule has 0 spiro atoms. The molecule has 0 amide bonds. The van der Waals surface area contributed by atoms with Gasteiger partial charge in [-0.3, -0.25) is 4.79 Å². The van der Waals surface area contributed by atoms with Crippen molar-refractivity contribution < 1.29 is 9.53 Å². The summed E-state index contributed by atoms with van der Waals surface area (Å²) in [6.45, 7) is 2.30. The van der Waals surface area contributed by atoms with E-state index in [1.807, 2.05) is 19.1 Å². The van der Waals surface area contributed by atoms with E-state index in [0.717, 1.165) is 6.42 Å². The molecule has 0 saturated heterocycles. The molecule has 1 heterocycles. The summed E-state index contributed by atoms with van der Waals surface area (Å²) in [5.41, 5.74) is 1.26. The minimum Gasteiger partial charge on any atom is -0.465 e. The third-order valence-corrected chi connectivity index (χ3v) is 3.49. The molecule has 74 valence electrons. The highest BCUT2D eigenvalue weighted by molar-refractivity contribution is 8.01. The standard InChI is InChI=1S/C11H12O2S/c1-2-13-11(12)10-7-8-5-3-4-6-9(8)14-10/h3-6,10H,2,7H2,1H3. The molecule has 0 saturated carbocycles. The molecule has 0 N–H and O–H groups in total. The number of ether oxygens (including phenoxy) is 1. The topological polar surface area (TPSA) is 26.3 Å². The first-order chi connectivity index (χ1) is 6.81. The molecule has 0 fully saturated rings. The van der Waals surface area contributed by atoms with Gasteiger partial charge in [0.05, 0.1) is 6.61 Å². The highest BCUT2D eigenvalue weighted by Gasteiger charge is 2.28. The van der Waals surface area contributed by atoms with Gasteiger partial charge in [0.2, 0.25) is 0 Å². The molecule has 0 aromatic heterocycles. The first kappa shape index (κ1) is 9.59. The monoisotopic (exact) mass is 208 g/mol. The molecule has 1 aliphatic rings. The summed E-state index contributed by atoms with van der Waals surface area (Å²) < 4.78 is 5.00. The third kappa shape index (κ3) is 1.77. The van der Waals surface area contributed by atoms with Gasteiger partial charge >= 0.3 is 5.97 Å². The number of thioether (sulfide) groups is 1. The zero-order chi connectivity index (χ0) is 9.97. The predicted octanol–water partition coefficient (Wildman–Crippen LogP) is 2.27.